The quantitative estimate of drug-likeness (QED) is 0.679. The highest BCUT2D eigenvalue weighted by Gasteiger charge is 2.22. The second-order valence-electron chi connectivity index (χ2n) is 6.40. The Hall–Kier alpha value is -2.49. The number of ketones is 1. The lowest BCUT2D eigenvalue weighted by atomic mass is 9.99. The average Bonchev–Trinajstić information content (AvgIpc) is 2.61. The molecule has 2 rings (SSSR count). The maximum atomic E-state index is 12.7. The highest BCUT2D eigenvalue weighted by atomic mass is 16.5. The third kappa shape index (κ3) is 4.32. The van der Waals surface area contributed by atoms with Crippen molar-refractivity contribution in [2.24, 2.45) is 0 Å². The van der Waals surface area contributed by atoms with Gasteiger partial charge in [-0.3, -0.25) is 4.79 Å². The van der Waals surface area contributed by atoms with Crippen LogP contribution in [0.1, 0.15) is 48.2 Å². The molecule has 134 valence electrons. The first-order valence-corrected chi connectivity index (χ1v) is 8.40. The normalized spacial score (nSPS) is 12.0. The Morgan fingerprint density at radius 3 is 1.88 bits per heavy atom. The average molecular weight is 342 g/mol. The topological polar surface area (TPSA) is 44.8 Å². The molecule has 0 aromatic heterocycles. The number of carbonyl (C=O) groups excluding carboxylic acids is 1. The van der Waals surface area contributed by atoms with E-state index in [1.165, 1.54) is 5.56 Å². The molecule has 0 N–H and O–H groups in total. The Bertz CT molecular complexity index is 707. The van der Waals surface area contributed by atoms with Crippen LogP contribution in [-0.4, -0.2) is 26.1 Å². The van der Waals surface area contributed by atoms with E-state index in [4.69, 9.17) is 14.2 Å². The number of benzene rings is 2. The minimum absolute atomic E-state index is 0.0833. The fourth-order valence-corrected chi connectivity index (χ4v) is 2.62. The molecule has 1 unspecified atom stereocenters. The first-order valence-electron chi connectivity index (χ1n) is 8.40. The highest BCUT2D eigenvalue weighted by molar-refractivity contribution is 5.99. The fraction of sp³-hybridized carbons (Fsp3) is 0.381. The third-order valence-corrected chi connectivity index (χ3v) is 4.13. The van der Waals surface area contributed by atoms with Crippen LogP contribution in [0, 0.1) is 6.92 Å². The molecule has 2 aromatic carbocycles. The number of methoxy groups -OCH3 is 2. The Morgan fingerprint density at radius 2 is 1.44 bits per heavy atom. The molecule has 2 aromatic rings. The molecule has 0 amide bonds. The van der Waals surface area contributed by atoms with Crippen molar-refractivity contribution >= 4 is 5.78 Å². The molecule has 0 saturated carbocycles. The minimum atomic E-state index is -0.657. The van der Waals surface area contributed by atoms with E-state index in [9.17, 15) is 4.79 Å². The van der Waals surface area contributed by atoms with Crippen LogP contribution in [0.5, 0.6) is 17.2 Å². The maximum Gasteiger partial charge on any atom is 0.204 e. The first kappa shape index (κ1) is 18.8. The summed E-state index contributed by atoms with van der Waals surface area (Å²) in [5.41, 5.74) is 2.82. The van der Waals surface area contributed by atoms with Crippen molar-refractivity contribution in [3.63, 3.8) is 0 Å². The number of carbonyl (C=O) groups is 1. The standard InChI is InChI=1S/C21H26O4/c1-13(2)16-7-9-17(10-8-16)20(22)15(4)25-21-18(23-5)11-14(3)12-19(21)24-6/h7-13,15H,1-6H3. The molecule has 0 spiro atoms. The molecule has 4 heteroatoms. The van der Waals surface area contributed by atoms with E-state index in [-0.39, 0.29) is 5.78 Å². The summed E-state index contributed by atoms with van der Waals surface area (Å²) in [6.07, 6.45) is -0.657. The van der Waals surface area contributed by atoms with Crippen molar-refractivity contribution < 1.29 is 19.0 Å². The molecule has 0 bridgehead atoms. The summed E-state index contributed by atoms with van der Waals surface area (Å²) in [6.45, 7) is 7.92. The smallest absolute Gasteiger partial charge is 0.204 e. The number of hydrogen-bond acceptors (Lipinski definition) is 4. The van der Waals surface area contributed by atoms with Crippen molar-refractivity contribution in [1.82, 2.24) is 0 Å². The lowest BCUT2D eigenvalue weighted by molar-refractivity contribution is 0.0809. The minimum Gasteiger partial charge on any atom is -0.493 e. The van der Waals surface area contributed by atoms with Crippen LogP contribution in [0.2, 0.25) is 0 Å². The van der Waals surface area contributed by atoms with Gasteiger partial charge in [-0.05, 0) is 43.0 Å². The van der Waals surface area contributed by atoms with E-state index < -0.39 is 6.10 Å². The second kappa shape index (κ2) is 8.06. The molecule has 0 heterocycles. The summed E-state index contributed by atoms with van der Waals surface area (Å²) >= 11 is 0. The van der Waals surface area contributed by atoms with Crippen molar-refractivity contribution in [1.29, 1.82) is 0 Å². The second-order valence-corrected chi connectivity index (χ2v) is 6.40. The van der Waals surface area contributed by atoms with Gasteiger partial charge in [0.2, 0.25) is 11.5 Å². The number of Topliss-reactive ketones (excluding diaryl/α,β-unsaturated/α-hetero) is 1. The van der Waals surface area contributed by atoms with Gasteiger partial charge < -0.3 is 14.2 Å². The molecule has 0 aliphatic heterocycles. The summed E-state index contributed by atoms with van der Waals surface area (Å²) < 4.78 is 16.7. The summed E-state index contributed by atoms with van der Waals surface area (Å²) in [7, 11) is 3.14. The van der Waals surface area contributed by atoms with Crippen LogP contribution in [0.15, 0.2) is 36.4 Å². The Morgan fingerprint density at radius 1 is 0.920 bits per heavy atom. The SMILES string of the molecule is COc1cc(C)cc(OC)c1OC(C)C(=O)c1ccc(C(C)C)cc1. The zero-order valence-corrected chi connectivity index (χ0v) is 15.8. The first-order chi connectivity index (χ1) is 11.9. The van der Waals surface area contributed by atoms with Crippen molar-refractivity contribution in [3.8, 4) is 17.2 Å². The van der Waals surface area contributed by atoms with Gasteiger partial charge in [-0.1, -0.05) is 38.1 Å². The molecule has 0 fully saturated rings. The van der Waals surface area contributed by atoms with Gasteiger partial charge in [0.1, 0.15) is 0 Å². The monoisotopic (exact) mass is 342 g/mol. The van der Waals surface area contributed by atoms with Crippen molar-refractivity contribution in [3.05, 3.63) is 53.1 Å². The molecule has 1 atom stereocenters. The van der Waals surface area contributed by atoms with Gasteiger partial charge in [-0.15, -0.1) is 0 Å². The number of ether oxygens (including phenoxy) is 3. The lowest BCUT2D eigenvalue weighted by Crippen LogP contribution is -2.24. The van der Waals surface area contributed by atoms with Crippen molar-refractivity contribution in [2.75, 3.05) is 14.2 Å². The van der Waals surface area contributed by atoms with E-state index in [0.717, 1.165) is 5.56 Å². The van der Waals surface area contributed by atoms with Crippen LogP contribution < -0.4 is 14.2 Å². The maximum absolute atomic E-state index is 12.7. The van der Waals surface area contributed by atoms with Crippen LogP contribution in [0.25, 0.3) is 0 Å². The van der Waals surface area contributed by atoms with Crippen LogP contribution >= 0.6 is 0 Å². The predicted molar refractivity (Wildman–Crippen MR) is 99.2 cm³/mol. The molecule has 0 saturated heterocycles. The van der Waals surface area contributed by atoms with Crippen LogP contribution in [0.3, 0.4) is 0 Å². The molecule has 4 nitrogen and oxygen atoms in total. The highest BCUT2D eigenvalue weighted by Crippen LogP contribution is 2.39. The predicted octanol–water partition coefficient (Wildman–Crippen LogP) is 4.79. The van der Waals surface area contributed by atoms with Gasteiger partial charge in [-0.25, -0.2) is 0 Å². The third-order valence-electron chi connectivity index (χ3n) is 4.13. The molecule has 0 radical (unpaired) electrons. The molecular formula is C21H26O4. The lowest BCUT2D eigenvalue weighted by Gasteiger charge is -2.19. The Labute approximate surface area is 149 Å². The number of aryl methyl sites for hydroxylation is 1. The van der Waals surface area contributed by atoms with E-state index in [2.05, 4.69) is 13.8 Å². The van der Waals surface area contributed by atoms with E-state index >= 15 is 0 Å². The number of hydrogen-bond donors (Lipinski definition) is 0. The van der Waals surface area contributed by atoms with E-state index in [1.54, 1.807) is 21.1 Å². The summed E-state index contributed by atoms with van der Waals surface area (Å²) in [4.78, 5) is 12.7. The zero-order chi connectivity index (χ0) is 18.6. The van der Waals surface area contributed by atoms with E-state index in [0.29, 0.717) is 28.7 Å². The van der Waals surface area contributed by atoms with Crippen LogP contribution in [0.4, 0.5) is 0 Å². The Kier molecular flexibility index (Phi) is 6.07. The van der Waals surface area contributed by atoms with Gasteiger partial charge in [-0.2, -0.15) is 0 Å². The molecular weight excluding hydrogens is 316 g/mol. The van der Waals surface area contributed by atoms with Gasteiger partial charge in [0.05, 0.1) is 14.2 Å². The Balaban J connectivity index is 2.24. The van der Waals surface area contributed by atoms with Gasteiger partial charge in [0, 0.05) is 5.56 Å². The molecule has 25 heavy (non-hydrogen) atoms. The van der Waals surface area contributed by atoms with Gasteiger partial charge >= 0.3 is 0 Å². The largest absolute Gasteiger partial charge is 0.493 e. The van der Waals surface area contributed by atoms with E-state index in [1.807, 2.05) is 43.3 Å². The van der Waals surface area contributed by atoms with Gasteiger partial charge in [0.25, 0.3) is 0 Å². The summed E-state index contributed by atoms with van der Waals surface area (Å²) in [5, 5.41) is 0. The summed E-state index contributed by atoms with van der Waals surface area (Å²) in [6, 6.07) is 11.4. The van der Waals surface area contributed by atoms with Gasteiger partial charge in [0.15, 0.2) is 17.6 Å². The summed E-state index contributed by atoms with van der Waals surface area (Å²) in [5.74, 6) is 1.88. The van der Waals surface area contributed by atoms with Crippen molar-refractivity contribution in [2.45, 2.75) is 39.7 Å². The molecule has 0 aliphatic rings. The molecule has 0 aliphatic carbocycles. The van der Waals surface area contributed by atoms with Crippen LogP contribution in [-0.2, 0) is 0 Å². The number of rotatable bonds is 7. The fourth-order valence-electron chi connectivity index (χ4n) is 2.62. The zero-order valence-electron chi connectivity index (χ0n) is 15.8.